The van der Waals surface area contributed by atoms with E-state index >= 15 is 0 Å². The van der Waals surface area contributed by atoms with Gasteiger partial charge in [-0.3, -0.25) is 0 Å². The third-order valence-electron chi connectivity index (χ3n) is 3.86. The summed E-state index contributed by atoms with van der Waals surface area (Å²) in [7, 11) is 1.79. The molecule has 0 fully saturated rings. The van der Waals surface area contributed by atoms with Crippen molar-refractivity contribution < 1.29 is 13.2 Å². The zero-order chi connectivity index (χ0) is 18.0. The SMILES string of the molecule is CN(Cc1c[nH]cc1-c1ccc(Cl)cc1)c1ccc(C(F)(F)F)cn1. The Hall–Kier alpha value is -2.47. The second-order valence-electron chi connectivity index (χ2n) is 5.66. The fourth-order valence-corrected chi connectivity index (χ4v) is 2.67. The van der Waals surface area contributed by atoms with Crippen LogP contribution in [0.5, 0.6) is 0 Å². The molecular formula is C18H15ClF3N3. The Balaban J connectivity index is 1.79. The summed E-state index contributed by atoms with van der Waals surface area (Å²) >= 11 is 5.92. The Kier molecular flexibility index (Phi) is 4.72. The zero-order valence-electron chi connectivity index (χ0n) is 13.3. The van der Waals surface area contributed by atoms with E-state index in [1.54, 1.807) is 11.9 Å². The van der Waals surface area contributed by atoms with Crippen molar-refractivity contribution in [1.82, 2.24) is 9.97 Å². The van der Waals surface area contributed by atoms with Crippen LogP contribution in [0.3, 0.4) is 0 Å². The predicted octanol–water partition coefficient (Wildman–Crippen LogP) is 5.39. The van der Waals surface area contributed by atoms with E-state index < -0.39 is 11.7 Å². The number of hydrogen-bond donors (Lipinski definition) is 1. The molecular weight excluding hydrogens is 351 g/mol. The number of nitrogens with one attached hydrogen (secondary N) is 1. The average Bonchev–Trinajstić information content (AvgIpc) is 3.03. The summed E-state index contributed by atoms with van der Waals surface area (Å²) in [6.07, 6.45) is 0.215. The molecule has 25 heavy (non-hydrogen) atoms. The number of benzene rings is 1. The first-order valence-corrected chi connectivity index (χ1v) is 7.88. The summed E-state index contributed by atoms with van der Waals surface area (Å²) in [6, 6.07) is 9.88. The van der Waals surface area contributed by atoms with Gasteiger partial charge in [-0.15, -0.1) is 0 Å². The molecule has 0 saturated carbocycles. The molecule has 0 aliphatic heterocycles. The number of pyridine rings is 1. The number of alkyl halides is 3. The van der Waals surface area contributed by atoms with Crippen molar-refractivity contribution in [3.8, 4) is 11.1 Å². The summed E-state index contributed by atoms with van der Waals surface area (Å²) in [5.41, 5.74) is 2.27. The van der Waals surface area contributed by atoms with Crippen LogP contribution in [0.4, 0.5) is 19.0 Å². The first-order chi connectivity index (χ1) is 11.8. The molecule has 0 spiro atoms. The van der Waals surface area contributed by atoms with Crippen molar-refractivity contribution in [3.63, 3.8) is 0 Å². The molecule has 3 nitrogen and oxygen atoms in total. The Morgan fingerprint density at radius 1 is 1.08 bits per heavy atom. The summed E-state index contributed by atoms with van der Waals surface area (Å²) in [6.45, 7) is 0.500. The molecule has 130 valence electrons. The highest BCUT2D eigenvalue weighted by Gasteiger charge is 2.30. The number of nitrogens with zero attached hydrogens (tertiary/aromatic N) is 2. The number of anilines is 1. The number of hydrogen-bond acceptors (Lipinski definition) is 2. The third kappa shape index (κ3) is 3.96. The van der Waals surface area contributed by atoms with Crippen molar-refractivity contribution in [1.29, 1.82) is 0 Å². The predicted molar refractivity (Wildman–Crippen MR) is 92.6 cm³/mol. The largest absolute Gasteiger partial charge is 0.417 e. The van der Waals surface area contributed by atoms with Crippen LogP contribution in [0.15, 0.2) is 55.0 Å². The highest BCUT2D eigenvalue weighted by atomic mass is 35.5. The molecule has 2 aromatic heterocycles. The van der Waals surface area contributed by atoms with Crippen LogP contribution < -0.4 is 4.90 Å². The van der Waals surface area contributed by atoms with E-state index in [-0.39, 0.29) is 0 Å². The minimum Gasteiger partial charge on any atom is -0.367 e. The smallest absolute Gasteiger partial charge is 0.367 e. The maximum absolute atomic E-state index is 12.6. The second-order valence-corrected chi connectivity index (χ2v) is 6.10. The summed E-state index contributed by atoms with van der Waals surface area (Å²) < 4.78 is 37.9. The lowest BCUT2D eigenvalue weighted by atomic mass is 10.0. The topological polar surface area (TPSA) is 31.9 Å². The van der Waals surface area contributed by atoms with Crippen LogP contribution in [0, 0.1) is 0 Å². The van der Waals surface area contributed by atoms with E-state index in [4.69, 9.17) is 11.6 Å². The molecule has 0 amide bonds. The molecule has 0 bridgehead atoms. The fraction of sp³-hybridized carbons (Fsp3) is 0.167. The van der Waals surface area contributed by atoms with E-state index in [1.165, 1.54) is 6.07 Å². The van der Waals surface area contributed by atoms with Gasteiger partial charge in [0.1, 0.15) is 5.82 Å². The van der Waals surface area contributed by atoms with Gasteiger partial charge in [0.15, 0.2) is 0 Å². The third-order valence-corrected chi connectivity index (χ3v) is 4.11. The van der Waals surface area contributed by atoms with Crippen molar-refractivity contribution in [2.45, 2.75) is 12.7 Å². The first-order valence-electron chi connectivity index (χ1n) is 7.50. The molecule has 7 heteroatoms. The number of rotatable bonds is 4. The van der Waals surface area contributed by atoms with Crippen LogP contribution in [-0.4, -0.2) is 17.0 Å². The van der Waals surface area contributed by atoms with Gasteiger partial charge < -0.3 is 9.88 Å². The number of H-pyrrole nitrogens is 1. The normalized spacial score (nSPS) is 11.6. The average molecular weight is 366 g/mol. The number of halogens is 4. The number of aromatic nitrogens is 2. The highest BCUT2D eigenvalue weighted by Crippen LogP contribution is 2.30. The lowest BCUT2D eigenvalue weighted by Crippen LogP contribution is -2.18. The van der Waals surface area contributed by atoms with Crippen LogP contribution in [0.25, 0.3) is 11.1 Å². The summed E-state index contributed by atoms with van der Waals surface area (Å²) in [5, 5.41) is 0.659. The molecule has 0 saturated heterocycles. The molecule has 0 unspecified atom stereocenters. The molecule has 1 N–H and O–H groups in total. The van der Waals surface area contributed by atoms with Gasteiger partial charge in [-0.25, -0.2) is 4.98 Å². The minimum atomic E-state index is -4.38. The van der Waals surface area contributed by atoms with Crippen LogP contribution in [0.2, 0.25) is 5.02 Å². The van der Waals surface area contributed by atoms with E-state index in [1.807, 2.05) is 36.7 Å². The van der Waals surface area contributed by atoms with Gasteiger partial charge in [0.25, 0.3) is 0 Å². The van der Waals surface area contributed by atoms with Crippen LogP contribution >= 0.6 is 11.6 Å². The van der Waals surface area contributed by atoms with Gasteiger partial charge >= 0.3 is 6.18 Å². The molecule has 1 aromatic carbocycles. The quantitative estimate of drug-likeness (QED) is 0.672. The lowest BCUT2D eigenvalue weighted by Gasteiger charge is -2.19. The second kappa shape index (κ2) is 6.80. The van der Waals surface area contributed by atoms with E-state index in [9.17, 15) is 13.2 Å². The van der Waals surface area contributed by atoms with Gasteiger partial charge in [0.05, 0.1) is 5.56 Å². The first kappa shape index (κ1) is 17.4. The van der Waals surface area contributed by atoms with Gasteiger partial charge in [0.2, 0.25) is 0 Å². The maximum Gasteiger partial charge on any atom is 0.417 e. The molecule has 0 aliphatic carbocycles. The van der Waals surface area contributed by atoms with Gasteiger partial charge in [-0.2, -0.15) is 13.2 Å². The van der Waals surface area contributed by atoms with E-state index in [2.05, 4.69) is 9.97 Å². The molecule has 3 rings (SSSR count). The van der Waals surface area contributed by atoms with E-state index in [0.29, 0.717) is 17.4 Å². The monoisotopic (exact) mass is 365 g/mol. The Morgan fingerprint density at radius 2 is 1.80 bits per heavy atom. The Labute approximate surface area is 148 Å². The van der Waals surface area contributed by atoms with Crippen LogP contribution in [-0.2, 0) is 12.7 Å². The molecule has 2 heterocycles. The van der Waals surface area contributed by atoms with E-state index in [0.717, 1.165) is 29.0 Å². The van der Waals surface area contributed by atoms with Gasteiger partial charge in [-0.05, 0) is 35.4 Å². The fourth-order valence-electron chi connectivity index (χ4n) is 2.54. The van der Waals surface area contributed by atoms with Gasteiger partial charge in [-0.1, -0.05) is 23.7 Å². The summed E-state index contributed by atoms with van der Waals surface area (Å²) in [4.78, 5) is 8.78. The van der Waals surface area contributed by atoms with Gasteiger partial charge in [0, 0.05) is 42.8 Å². The minimum absolute atomic E-state index is 0.469. The molecule has 0 atom stereocenters. The van der Waals surface area contributed by atoms with Crippen molar-refractivity contribution in [3.05, 3.63) is 71.1 Å². The molecule has 3 aromatic rings. The highest BCUT2D eigenvalue weighted by molar-refractivity contribution is 6.30. The Bertz CT molecular complexity index is 839. The summed E-state index contributed by atoms with van der Waals surface area (Å²) in [5.74, 6) is 0.469. The maximum atomic E-state index is 12.6. The van der Waals surface area contributed by atoms with Crippen LogP contribution in [0.1, 0.15) is 11.1 Å². The Morgan fingerprint density at radius 3 is 2.40 bits per heavy atom. The number of aromatic amines is 1. The zero-order valence-corrected chi connectivity index (χ0v) is 14.1. The van der Waals surface area contributed by atoms with Crippen molar-refractivity contribution in [2.24, 2.45) is 0 Å². The molecule has 0 radical (unpaired) electrons. The van der Waals surface area contributed by atoms with Crippen molar-refractivity contribution in [2.75, 3.05) is 11.9 Å². The van der Waals surface area contributed by atoms with Crippen molar-refractivity contribution >= 4 is 17.4 Å². The standard InChI is InChI=1S/C18H15ClF3N3/c1-25(17-7-4-14(9-24-17)18(20,21)22)11-13-8-23-10-16(13)12-2-5-15(19)6-3-12/h2-10,23H,11H2,1H3. The lowest BCUT2D eigenvalue weighted by molar-refractivity contribution is -0.137. The molecule has 0 aliphatic rings.